The molecule has 0 amide bonds. The molecule has 0 aliphatic rings. The molecular formula is C13H13FN2O4. The van der Waals surface area contributed by atoms with E-state index in [1.807, 2.05) is 0 Å². The van der Waals surface area contributed by atoms with E-state index >= 15 is 0 Å². The van der Waals surface area contributed by atoms with Crippen LogP contribution in [-0.4, -0.2) is 35.1 Å². The zero-order valence-electron chi connectivity index (χ0n) is 11.0. The van der Waals surface area contributed by atoms with Crippen LogP contribution in [0.5, 0.6) is 11.5 Å². The van der Waals surface area contributed by atoms with E-state index in [9.17, 15) is 9.18 Å². The van der Waals surface area contributed by atoms with Crippen molar-refractivity contribution in [1.82, 2.24) is 9.78 Å². The van der Waals surface area contributed by atoms with Gasteiger partial charge in [-0.3, -0.25) is 0 Å². The third-order valence-corrected chi connectivity index (χ3v) is 2.84. The number of alkyl halides is 1. The highest BCUT2D eigenvalue weighted by Gasteiger charge is 2.20. The summed E-state index contributed by atoms with van der Waals surface area (Å²) in [6.07, 6.45) is 1.11. The summed E-state index contributed by atoms with van der Waals surface area (Å²) in [5.41, 5.74) is 0.174. The van der Waals surface area contributed by atoms with Gasteiger partial charge in [0.1, 0.15) is 17.9 Å². The Kier molecular flexibility index (Phi) is 3.88. The summed E-state index contributed by atoms with van der Waals surface area (Å²) in [6, 6.07) is 5.00. The molecule has 20 heavy (non-hydrogen) atoms. The van der Waals surface area contributed by atoms with Gasteiger partial charge in [0.15, 0.2) is 11.5 Å². The fourth-order valence-electron chi connectivity index (χ4n) is 1.93. The third-order valence-electron chi connectivity index (χ3n) is 2.84. The van der Waals surface area contributed by atoms with Crippen LogP contribution in [0.3, 0.4) is 0 Å². The molecule has 1 N–H and O–H groups in total. The number of para-hydroxylation sites is 1. The molecule has 7 heteroatoms. The number of aromatic nitrogens is 2. The van der Waals surface area contributed by atoms with Gasteiger partial charge in [-0.25, -0.2) is 13.9 Å². The standard InChI is InChI=1S/C13H13FN2O4/c1-19-11-5-3-4-9(12(11)20-2)16-10(6-14)8(7-15-16)13(17)18/h3-5,7H,6H2,1-2H3,(H,17,18). The second kappa shape index (κ2) is 5.60. The van der Waals surface area contributed by atoms with Gasteiger partial charge in [0.2, 0.25) is 0 Å². The largest absolute Gasteiger partial charge is 0.493 e. The Balaban J connectivity index is 2.66. The van der Waals surface area contributed by atoms with E-state index in [0.717, 1.165) is 6.20 Å². The van der Waals surface area contributed by atoms with E-state index in [1.54, 1.807) is 18.2 Å². The highest BCUT2D eigenvalue weighted by molar-refractivity contribution is 5.88. The number of nitrogens with zero attached hydrogens (tertiary/aromatic N) is 2. The zero-order chi connectivity index (χ0) is 14.7. The maximum atomic E-state index is 13.1. The van der Waals surface area contributed by atoms with E-state index in [0.29, 0.717) is 17.2 Å². The number of aromatic carboxylic acids is 1. The molecule has 6 nitrogen and oxygen atoms in total. The molecule has 106 valence electrons. The van der Waals surface area contributed by atoms with Crippen LogP contribution in [-0.2, 0) is 6.67 Å². The summed E-state index contributed by atoms with van der Waals surface area (Å²) in [6.45, 7) is -0.956. The molecule has 2 aromatic rings. The van der Waals surface area contributed by atoms with Crippen molar-refractivity contribution in [1.29, 1.82) is 0 Å². The number of rotatable bonds is 5. The average Bonchev–Trinajstić information content (AvgIpc) is 2.89. The van der Waals surface area contributed by atoms with Crippen LogP contribution in [0.4, 0.5) is 4.39 Å². The Bertz CT molecular complexity index is 639. The second-order valence-electron chi connectivity index (χ2n) is 3.87. The number of hydrogen-bond acceptors (Lipinski definition) is 4. The minimum absolute atomic E-state index is 0.0518. The molecule has 0 spiro atoms. The number of ether oxygens (including phenoxy) is 2. The summed E-state index contributed by atoms with van der Waals surface area (Å²) < 4.78 is 24.7. The summed E-state index contributed by atoms with van der Waals surface area (Å²) >= 11 is 0. The van der Waals surface area contributed by atoms with E-state index < -0.39 is 12.6 Å². The van der Waals surface area contributed by atoms with E-state index in [1.165, 1.54) is 18.9 Å². The minimum atomic E-state index is -1.23. The first kappa shape index (κ1) is 13.9. The van der Waals surface area contributed by atoms with Gasteiger partial charge in [0.25, 0.3) is 0 Å². The van der Waals surface area contributed by atoms with Gasteiger partial charge >= 0.3 is 5.97 Å². The highest BCUT2D eigenvalue weighted by atomic mass is 19.1. The molecule has 0 saturated heterocycles. The average molecular weight is 280 g/mol. The first-order chi connectivity index (χ1) is 9.63. The SMILES string of the molecule is COc1cccc(-n2ncc(C(=O)O)c2CF)c1OC. The van der Waals surface area contributed by atoms with E-state index in [4.69, 9.17) is 14.6 Å². The molecule has 1 heterocycles. The fraction of sp³-hybridized carbons (Fsp3) is 0.231. The minimum Gasteiger partial charge on any atom is -0.493 e. The Morgan fingerprint density at radius 1 is 1.40 bits per heavy atom. The summed E-state index contributed by atoms with van der Waals surface area (Å²) in [7, 11) is 2.92. The van der Waals surface area contributed by atoms with Crippen molar-refractivity contribution in [3.8, 4) is 17.2 Å². The van der Waals surface area contributed by atoms with Crippen LogP contribution in [0.1, 0.15) is 16.1 Å². The number of benzene rings is 1. The molecule has 0 radical (unpaired) electrons. The third kappa shape index (κ3) is 2.18. The van der Waals surface area contributed by atoms with Crippen LogP contribution in [0.15, 0.2) is 24.4 Å². The summed E-state index contributed by atoms with van der Waals surface area (Å²) in [5.74, 6) is -0.433. The van der Waals surface area contributed by atoms with Gasteiger partial charge in [-0.1, -0.05) is 6.07 Å². The van der Waals surface area contributed by atoms with Gasteiger partial charge < -0.3 is 14.6 Å². The maximum Gasteiger partial charge on any atom is 0.339 e. The lowest BCUT2D eigenvalue weighted by Crippen LogP contribution is -2.07. The Morgan fingerprint density at radius 2 is 2.15 bits per heavy atom. The topological polar surface area (TPSA) is 73.6 Å². The monoisotopic (exact) mass is 280 g/mol. The van der Waals surface area contributed by atoms with Crippen molar-refractivity contribution < 1.29 is 23.8 Å². The van der Waals surface area contributed by atoms with Gasteiger partial charge in [0, 0.05) is 0 Å². The molecule has 0 atom stereocenters. The Labute approximate surface area is 114 Å². The fourth-order valence-corrected chi connectivity index (χ4v) is 1.93. The highest BCUT2D eigenvalue weighted by Crippen LogP contribution is 2.34. The van der Waals surface area contributed by atoms with Crippen LogP contribution in [0.2, 0.25) is 0 Å². The molecule has 0 bridgehead atoms. The normalized spacial score (nSPS) is 10.3. The molecule has 0 unspecified atom stereocenters. The van der Waals surface area contributed by atoms with Crippen molar-refractivity contribution >= 4 is 5.97 Å². The van der Waals surface area contributed by atoms with Crippen LogP contribution in [0, 0.1) is 0 Å². The Hall–Kier alpha value is -2.57. The molecule has 1 aromatic heterocycles. The predicted octanol–water partition coefficient (Wildman–Crippen LogP) is 2.06. The molecule has 0 fully saturated rings. The molecule has 2 rings (SSSR count). The number of carboxylic acid groups (broad SMARTS) is 1. The molecule has 1 aromatic carbocycles. The van der Waals surface area contributed by atoms with Gasteiger partial charge in [-0.05, 0) is 12.1 Å². The maximum absolute atomic E-state index is 13.1. The number of halogens is 1. The number of hydrogen-bond donors (Lipinski definition) is 1. The van der Waals surface area contributed by atoms with Crippen molar-refractivity contribution in [2.24, 2.45) is 0 Å². The van der Waals surface area contributed by atoms with Crippen LogP contribution < -0.4 is 9.47 Å². The van der Waals surface area contributed by atoms with Crippen molar-refractivity contribution in [2.45, 2.75) is 6.67 Å². The number of carbonyl (C=O) groups is 1. The first-order valence-electron chi connectivity index (χ1n) is 5.71. The number of methoxy groups -OCH3 is 2. The lowest BCUT2D eigenvalue weighted by atomic mass is 10.2. The predicted molar refractivity (Wildman–Crippen MR) is 68.4 cm³/mol. The lowest BCUT2D eigenvalue weighted by Gasteiger charge is -2.13. The van der Waals surface area contributed by atoms with Gasteiger partial charge in [-0.2, -0.15) is 5.10 Å². The van der Waals surface area contributed by atoms with Gasteiger partial charge in [0.05, 0.1) is 26.1 Å². The van der Waals surface area contributed by atoms with Crippen molar-refractivity contribution in [3.63, 3.8) is 0 Å². The molecule has 0 aliphatic heterocycles. The van der Waals surface area contributed by atoms with E-state index in [2.05, 4.69) is 5.10 Å². The Morgan fingerprint density at radius 3 is 2.70 bits per heavy atom. The number of carboxylic acids is 1. The summed E-state index contributed by atoms with van der Waals surface area (Å²) in [4.78, 5) is 11.0. The quantitative estimate of drug-likeness (QED) is 0.907. The van der Waals surface area contributed by atoms with Crippen molar-refractivity contribution in [2.75, 3.05) is 14.2 Å². The van der Waals surface area contributed by atoms with Crippen LogP contribution in [0.25, 0.3) is 5.69 Å². The summed E-state index contributed by atoms with van der Waals surface area (Å²) in [5, 5.41) is 12.9. The molecular weight excluding hydrogens is 267 g/mol. The zero-order valence-corrected chi connectivity index (χ0v) is 11.0. The lowest BCUT2D eigenvalue weighted by molar-refractivity contribution is 0.0694. The van der Waals surface area contributed by atoms with Gasteiger partial charge in [-0.15, -0.1) is 0 Å². The smallest absolute Gasteiger partial charge is 0.339 e. The first-order valence-corrected chi connectivity index (χ1v) is 5.71. The van der Waals surface area contributed by atoms with Crippen molar-refractivity contribution in [3.05, 3.63) is 35.7 Å². The van der Waals surface area contributed by atoms with Crippen LogP contribution >= 0.6 is 0 Å². The molecule has 0 aliphatic carbocycles. The van der Waals surface area contributed by atoms with E-state index in [-0.39, 0.29) is 11.3 Å². The second-order valence-corrected chi connectivity index (χ2v) is 3.87. The molecule has 0 saturated carbocycles.